The maximum Gasteiger partial charge on any atom is 0.324 e. The molecule has 116 valence electrons. The maximum atomic E-state index is 12.7. The molecule has 7 heteroatoms. The first-order chi connectivity index (χ1) is 9.91. The molecule has 0 amide bonds. The van der Waals surface area contributed by atoms with Crippen LogP contribution in [0.25, 0.3) is 0 Å². The lowest BCUT2D eigenvalue weighted by Crippen LogP contribution is -2.41. The minimum Gasteiger partial charge on any atom is -0.496 e. The molecule has 1 heterocycles. The normalized spacial score (nSPS) is 19.5. The number of benzene rings is 1. The molecule has 0 aromatic heterocycles. The van der Waals surface area contributed by atoms with Crippen molar-refractivity contribution in [2.75, 3.05) is 20.8 Å². The van der Waals surface area contributed by atoms with Crippen molar-refractivity contribution in [3.05, 3.63) is 23.8 Å². The van der Waals surface area contributed by atoms with Gasteiger partial charge in [-0.1, -0.05) is 0 Å². The Bertz CT molecular complexity index is 641. The topological polar surface area (TPSA) is 72.9 Å². The molecule has 0 radical (unpaired) electrons. The first-order valence-corrected chi connectivity index (χ1v) is 8.10. The van der Waals surface area contributed by atoms with Crippen molar-refractivity contribution >= 4 is 16.0 Å². The van der Waals surface area contributed by atoms with Crippen molar-refractivity contribution in [2.45, 2.75) is 30.7 Å². The van der Waals surface area contributed by atoms with Crippen LogP contribution >= 0.6 is 0 Å². The lowest BCUT2D eigenvalue weighted by atomic mass is 10.2. The van der Waals surface area contributed by atoms with Crippen molar-refractivity contribution in [2.24, 2.45) is 0 Å². The number of sulfonamides is 1. The average Bonchev–Trinajstić information content (AvgIpc) is 2.96. The van der Waals surface area contributed by atoms with Gasteiger partial charge in [0.05, 0.1) is 19.1 Å². The molecular weight excluding hydrogens is 294 g/mol. The molecule has 0 aliphatic carbocycles. The van der Waals surface area contributed by atoms with E-state index in [2.05, 4.69) is 0 Å². The van der Waals surface area contributed by atoms with Gasteiger partial charge in [0, 0.05) is 6.54 Å². The third kappa shape index (κ3) is 2.89. The molecule has 0 saturated carbocycles. The first kappa shape index (κ1) is 15.8. The molecule has 1 unspecified atom stereocenters. The SMILES string of the molecule is COC(=O)C1CCCN1S(=O)(=O)c1ccc(OC)c(C)c1. The van der Waals surface area contributed by atoms with Crippen molar-refractivity contribution in [1.29, 1.82) is 0 Å². The van der Waals surface area contributed by atoms with Crippen LogP contribution in [0.15, 0.2) is 23.1 Å². The summed E-state index contributed by atoms with van der Waals surface area (Å²) in [6, 6.07) is 3.93. The van der Waals surface area contributed by atoms with Crippen LogP contribution < -0.4 is 4.74 Å². The standard InChI is InChI=1S/C14H19NO5S/c1-10-9-11(6-7-13(10)19-2)21(17,18)15-8-4-5-12(15)14(16)20-3/h6-7,9,12H,4-5,8H2,1-3H3. The zero-order chi connectivity index (χ0) is 15.6. The molecule has 1 aromatic carbocycles. The van der Waals surface area contributed by atoms with E-state index in [-0.39, 0.29) is 4.90 Å². The molecule has 1 aromatic rings. The van der Waals surface area contributed by atoms with E-state index in [4.69, 9.17) is 9.47 Å². The zero-order valence-electron chi connectivity index (χ0n) is 12.3. The Morgan fingerprint density at radius 1 is 1.33 bits per heavy atom. The van der Waals surface area contributed by atoms with E-state index in [1.807, 2.05) is 0 Å². The minimum atomic E-state index is -3.71. The Labute approximate surface area is 124 Å². The second-order valence-electron chi connectivity index (χ2n) is 4.93. The summed E-state index contributed by atoms with van der Waals surface area (Å²) in [7, 11) is -0.915. The molecule has 0 N–H and O–H groups in total. The summed E-state index contributed by atoms with van der Waals surface area (Å²) in [4.78, 5) is 11.9. The molecule has 1 saturated heterocycles. The fourth-order valence-corrected chi connectivity index (χ4v) is 4.28. The Balaban J connectivity index is 2.37. The number of rotatable bonds is 4. The van der Waals surface area contributed by atoms with Gasteiger partial charge >= 0.3 is 5.97 Å². The van der Waals surface area contributed by atoms with E-state index in [0.717, 1.165) is 5.56 Å². The number of hydrogen-bond acceptors (Lipinski definition) is 5. The van der Waals surface area contributed by atoms with Gasteiger partial charge in [0.25, 0.3) is 0 Å². The number of hydrogen-bond donors (Lipinski definition) is 0. The number of ether oxygens (including phenoxy) is 2. The highest BCUT2D eigenvalue weighted by atomic mass is 32.2. The highest BCUT2D eigenvalue weighted by Crippen LogP contribution is 2.29. The predicted molar refractivity (Wildman–Crippen MR) is 76.7 cm³/mol. The summed E-state index contributed by atoms with van der Waals surface area (Å²) in [5, 5.41) is 0. The second-order valence-corrected chi connectivity index (χ2v) is 6.82. The molecule has 0 bridgehead atoms. The molecule has 1 atom stereocenters. The summed E-state index contributed by atoms with van der Waals surface area (Å²) >= 11 is 0. The van der Waals surface area contributed by atoms with Gasteiger partial charge in [0.1, 0.15) is 11.8 Å². The lowest BCUT2D eigenvalue weighted by molar-refractivity contribution is -0.144. The number of esters is 1. The highest BCUT2D eigenvalue weighted by Gasteiger charge is 2.40. The average molecular weight is 313 g/mol. The van der Waals surface area contributed by atoms with Crippen LogP contribution in [0.1, 0.15) is 18.4 Å². The quantitative estimate of drug-likeness (QED) is 0.784. The van der Waals surface area contributed by atoms with E-state index in [9.17, 15) is 13.2 Å². The zero-order valence-corrected chi connectivity index (χ0v) is 13.1. The van der Waals surface area contributed by atoms with Gasteiger partial charge in [-0.25, -0.2) is 8.42 Å². The third-order valence-corrected chi connectivity index (χ3v) is 5.55. The monoisotopic (exact) mass is 313 g/mol. The van der Waals surface area contributed by atoms with Gasteiger partial charge in [-0.2, -0.15) is 4.31 Å². The van der Waals surface area contributed by atoms with Crippen LogP contribution in [0.5, 0.6) is 5.75 Å². The largest absolute Gasteiger partial charge is 0.496 e. The van der Waals surface area contributed by atoms with Crippen molar-refractivity contribution in [3.8, 4) is 5.75 Å². The molecule has 1 fully saturated rings. The van der Waals surface area contributed by atoms with E-state index in [1.165, 1.54) is 24.6 Å². The second kappa shape index (κ2) is 6.03. The van der Waals surface area contributed by atoms with Gasteiger partial charge in [0.15, 0.2) is 0 Å². The number of carbonyl (C=O) groups excluding carboxylic acids is 1. The lowest BCUT2D eigenvalue weighted by Gasteiger charge is -2.22. The van der Waals surface area contributed by atoms with Crippen molar-refractivity contribution < 1.29 is 22.7 Å². The van der Waals surface area contributed by atoms with Crippen LogP contribution in [0, 0.1) is 6.92 Å². The van der Waals surface area contributed by atoms with E-state index < -0.39 is 22.0 Å². The third-order valence-electron chi connectivity index (χ3n) is 3.65. The van der Waals surface area contributed by atoms with E-state index in [1.54, 1.807) is 19.1 Å². The van der Waals surface area contributed by atoms with Crippen LogP contribution in [0.3, 0.4) is 0 Å². The smallest absolute Gasteiger partial charge is 0.324 e. The molecular formula is C14H19NO5S. The van der Waals surface area contributed by atoms with Crippen LogP contribution in [0.2, 0.25) is 0 Å². The van der Waals surface area contributed by atoms with Gasteiger partial charge < -0.3 is 9.47 Å². The van der Waals surface area contributed by atoms with Gasteiger partial charge in [-0.05, 0) is 43.5 Å². The summed E-state index contributed by atoms with van der Waals surface area (Å²) < 4.78 is 36.4. The van der Waals surface area contributed by atoms with Crippen LogP contribution in [-0.2, 0) is 19.6 Å². The van der Waals surface area contributed by atoms with Crippen molar-refractivity contribution in [1.82, 2.24) is 4.31 Å². The molecule has 1 aliphatic rings. The van der Waals surface area contributed by atoms with Crippen LogP contribution in [0.4, 0.5) is 0 Å². The molecule has 2 rings (SSSR count). The number of nitrogens with zero attached hydrogens (tertiary/aromatic N) is 1. The van der Waals surface area contributed by atoms with Crippen molar-refractivity contribution in [3.63, 3.8) is 0 Å². The Hall–Kier alpha value is -1.60. The number of carbonyl (C=O) groups is 1. The van der Waals surface area contributed by atoms with Gasteiger partial charge in [-0.3, -0.25) is 4.79 Å². The summed E-state index contributed by atoms with van der Waals surface area (Å²) in [6.07, 6.45) is 1.13. The molecule has 21 heavy (non-hydrogen) atoms. The predicted octanol–water partition coefficient (Wildman–Crippen LogP) is 1.33. The minimum absolute atomic E-state index is 0.164. The number of methoxy groups -OCH3 is 2. The van der Waals surface area contributed by atoms with Gasteiger partial charge in [0.2, 0.25) is 10.0 Å². The van der Waals surface area contributed by atoms with Crippen LogP contribution in [-0.4, -0.2) is 45.5 Å². The fourth-order valence-electron chi connectivity index (χ4n) is 2.55. The maximum absolute atomic E-state index is 12.7. The summed E-state index contributed by atoms with van der Waals surface area (Å²) in [6.45, 7) is 2.10. The van der Waals surface area contributed by atoms with E-state index in [0.29, 0.717) is 25.1 Å². The first-order valence-electron chi connectivity index (χ1n) is 6.66. The fraction of sp³-hybridized carbons (Fsp3) is 0.500. The molecule has 0 spiro atoms. The molecule has 6 nitrogen and oxygen atoms in total. The van der Waals surface area contributed by atoms with E-state index >= 15 is 0 Å². The number of aryl methyl sites for hydroxylation is 1. The molecule has 1 aliphatic heterocycles. The Kier molecular flexibility index (Phi) is 4.53. The summed E-state index contributed by atoms with van der Waals surface area (Å²) in [5.41, 5.74) is 0.729. The Morgan fingerprint density at radius 3 is 2.62 bits per heavy atom. The Morgan fingerprint density at radius 2 is 2.05 bits per heavy atom. The van der Waals surface area contributed by atoms with Gasteiger partial charge in [-0.15, -0.1) is 0 Å². The highest BCUT2D eigenvalue weighted by molar-refractivity contribution is 7.89. The summed E-state index contributed by atoms with van der Waals surface area (Å²) in [5.74, 6) is 0.112.